The summed E-state index contributed by atoms with van der Waals surface area (Å²) in [6.07, 6.45) is 5.71. The van der Waals surface area contributed by atoms with Crippen LogP contribution in [0.15, 0.2) is 53.7 Å². The lowest BCUT2D eigenvalue weighted by Crippen LogP contribution is -2.35. The van der Waals surface area contributed by atoms with Crippen LogP contribution in [0.25, 0.3) is 0 Å². The molecule has 8 nitrogen and oxygen atoms in total. The van der Waals surface area contributed by atoms with E-state index in [0.29, 0.717) is 24.3 Å². The fraction of sp³-hybridized carbons (Fsp3) is 0.440. The van der Waals surface area contributed by atoms with Gasteiger partial charge in [-0.1, -0.05) is 5.16 Å². The van der Waals surface area contributed by atoms with Gasteiger partial charge in [0.15, 0.2) is 5.84 Å². The van der Waals surface area contributed by atoms with Gasteiger partial charge in [0.1, 0.15) is 17.3 Å². The molecule has 0 aliphatic carbocycles. The maximum Gasteiger partial charge on any atom is 0.170 e. The van der Waals surface area contributed by atoms with Crippen molar-refractivity contribution in [2.45, 2.75) is 32.1 Å². The van der Waals surface area contributed by atoms with E-state index in [4.69, 9.17) is 31.6 Å². The van der Waals surface area contributed by atoms with Gasteiger partial charge in [0.25, 0.3) is 0 Å². The summed E-state index contributed by atoms with van der Waals surface area (Å²) in [6.45, 7) is 4.75. The first-order valence-electron chi connectivity index (χ1n) is 11.6. The third kappa shape index (κ3) is 7.98. The van der Waals surface area contributed by atoms with Crippen LogP contribution in [-0.4, -0.2) is 54.6 Å². The molecule has 6 N–H and O–H groups in total. The Kier molecular flexibility index (Phi) is 9.38. The number of hydrogen-bond donors (Lipinski definition) is 4. The van der Waals surface area contributed by atoms with Gasteiger partial charge in [-0.25, -0.2) is 0 Å². The van der Waals surface area contributed by atoms with Crippen molar-refractivity contribution in [1.82, 2.24) is 4.90 Å². The van der Waals surface area contributed by atoms with Crippen LogP contribution in [0.1, 0.15) is 43.2 Å². The zero-order valence-corrected chi connectivity index (χ0v) is 19.1. The number of nitrogens with two attached hydrogens (primary N) is 2. The third-order valence-corrected chi connectivity index (χ3v) is 6.04. The molecule has 0 aromatic heterocycles. The molecule has 0 spiro atoms. The lowest BCUT2D eigenvalue weighted by Gasteiger charge is -2.32. The smallest absolute Gasteiger partial charge is 0.170 e. The second-order valence-electron chi connectivity index (χ2n) is 8.43. The quantitative estimate of drug-likeness (QED) is 0.128. The first-order chi connectivity index (χ1) is 16.0. The van der Waals surface area contributed by atoms with E-state index in [9.17, 15) is 0 Å². The summed E-state index contributed by atoms with van der Waals surface area (Å²) >= 11 is 0. The number of nitrogens with one attached hydrogen (secondary N) is 1. The molecule has 0 bridgehead atoms. The van der Waals surface area contributed by atoms with E-state index in [-0.39, 0.29) is 11.7 Å². The Morgan fingerprint density at radius 3 is 2.00 bits per heavy atom. The van der Waals surface area contributed by atoms with Crippen molar-refractivity contribution in [3.63, 3.8) is 0 Å². The van der Waals surface area contributed by atoms with Gasteiger partial charge in [-0.2, -0.15) is 0 Å². The normalized spacial score (nSPS) is 15.3. The molecular formula is C25H35N5O3. The van der Waals surface area contributed by atoms with Gasteiger partial charge in [-0.3, -0.25) is 5.41 Å². The average Bonchev–Trinajstić information content (AvgIpc) is 2.85. The Morgan fingerprint density at radius 1 is 0.909 bits per heavy atom. The van der Waals surface area contributed by atoms with Gasteiger partial charge in [0, 0.05) is 17.7 Å². The van der Waals surface area contributed by atoms with Gasteiger partial charge in [0.05, 0.1) is 13.2 Å². The fourth-order valence-electron chi connectivity index (χ4n) is 4.05. The molecule has 0 amide bonds. The molecule has 8 heteroatoms. The summed E-state index contributed by atoms with van der Waals surface area (Å²) in [4.78, 5) is 2.53. The number of amidine groups is 2. The molecular weight excluding hydrogens is 418 g/mol. The largest absolute Gasteiger partial charge is 0.494 e. The zero-order chi connectivity index (χ0) is 23.5. The molecule has 0 atom stereocenters. The summed E-state index contributed by atoms with van der Waals surface area (Å²) < 4.78 is 11.6. The lowest BCUT2D eigenvalue weighted by atomic mass is 9.92. The average molecular weight is 454 g/mol. The molecule has 2 aromatic carbocycles. The molecule has 1 aliphatic heterocycles. The lowest BCUT2D eigenvalue weighted by molar-refractivity contribution is 0.161. The van der Waals surface area contributed by atoms with Crippen molar-refractivity contribution in [1.29, 1.82) is 5.41 Å². The topological polar surface area (TPSA) is 130 Å². The predicted molar refractivity (Wildman–Crippen MR) is 130 cm³/mol. The van der Waals surface area contributed by atoms with E-state index in [2.05, 4.69) is 10.1 Å². The summed E-state index contributed by atoms with van der Waals surface area (Å²) in [6, 6.07) is 14.6. The Hall–Kier alpha value is -3.26. The highest BCUT2D eigenvalue weighted by molar-refractivity contribution is 5.97. The number of benzene rings is 2. The molecule has 0 radical (unpaired) electrons. The summed E-state index contributed by atoms with van der Waals surface area (Å²) in [5.41, 5.74) is 12.4. The molecule has 33 heavy (non-hydrogen) atoms. The molecule has 1 fully saturated rings. The van der Waals surface area contributed by atoms with Crippen molar-refractivity contribution in [2.24, 2.45) is 22.5 Å². The first kappa shape index (κ1) is 24.4. The van der Waals surface area contributed by atoms with Crippen LogP contribution in [-0.2, 0) is 0 Å². The first-order valence-corrected chi connectivity index (χ1v) is 11.6. The van der Waals surface area contributed by atoms with Crippen LogP contribution in [0, 0.1) is 11.3 Å². The molecule has 1 saturated heterocycles. The van der Waals surface area contributed by atoms with Crippen LogP contribution in [0.2, 0.25) is 0 Å². The number of piperidine rings is 1. The highest BCUT2D eigenvalue weighted by Gasteiger charge is 2.18. The number of likely N-dealkylation sites (tertiary alicyclic amines) is 1. The van der Waals surface area contributed by atoms with Crippen LogP contribution >= 0.6 is 0 Å². The second kappa shape index (κ2) is 12.7. The second-order valence-corrected chi connectivity index (χ2v) is 8.43. The third-order valence-electron chi connectivity index (χ3n) is 6.04. The number of hydrogen-bond acceptors (Lipinski definition) is 6. The molecule has 2 aromatic rings. The van der Waals surface area contributed by atoms with Crippen molar-refractivity contribution in [2.75, 3.05) is 32.8 Å². The highest BCUT2D eigenvalue weighted by Crippen LogP contribution is 2.22. The van der Waals surface area contributed by atoms with Gasteiger partial charge in [-0.15, -0.1) is 0 Å². The van der Waals surface area contributed by atoms with E-state index in [1.807, 2.05) is 36.4 Å². The SMILES string of the molecule is N=C(N)c1ccc(OCCCN2CCC(CCCOc3ccc(/C(N)=N/O)cc3)CC2)cc1. The maximum absolute atomic E-state index is 8.70. The van der Waals surface area contributed by atoms with E-state index in [1.165, 1.54) is 19.3 Å². The number of rotatable bonds is 12. The zero-order valence-electron chi connectivity index (χ0n) is 19.1. The van der Waals surface area contributed by atoms with Crippen molar-refractivity contribution in [3.05, 3.63) is 59.7 Å². The number of ether oxygens (including phenoxy) is 2. The van der Waals surface area contributed by atoms with E-state index in [1.54, 1.807) is 12.1 Å². The minimum Gasteiger partial charge on any atom is -0.494 e. The highest BCUT2D eigenvalue weighted by atomic mass is 16.5. The minimum absolute atomic E-state index is 0.0730. The monoisotopic (exact) mass is 453 g/mol. The molecule has 3 rings (SSSR count). The Balaban J connectivity index is 1.23. The number of oxime groups is 1. The Labute approximate surface area is 195 Å². The summed E-state index contributed by atoms with van der Waals surface area (Å²) in [5, 5.41) is 19.1. The van der Waals surface area contributed by atoms with Crippen LogP contribution in [0.3, 0.4) is 0 Å². The van der Waals surface area contributed by atoms with Gasteiger partial charge < -0.3 is 31.0 Å². The standard InChI is InChI=1S/C25H35N5O3/c26-24(27)20-4-8-22(9-5-20)33-18-2-14-30-15-12-19(13-16-30)3-1-17-32-23-10-6-21(7-11-23)25(28)29-31/h4-11,19,31H,1-3,12-18H2,(H3,26,27)(H2,28,29). The van der Waals surface area contributed by atoms with Gasteiger partial charge in [-0.05, 0) is 99.6 Å². The molecule has 1 heterocycles. The summed E-state index contributed by atoms with van der Waals surface area (Å²) in [5.74, 6) is 2.56. The molecule has 0 saturated carbocycles. The van der Waals surface area contributed by atoms with E-state index in [0.717, 1.165) is 49.9 Å². The van der Waals surface area contributed by atoms with Crippen LogP contribution < -0.4 is 20.9 Å². The number of nitrogens with zero attached hydrogens (tertiary/aromatic N) is 2. The molecule has 178 valence electrons. The van der Waals surface area contributed by atoms with Gasteiger partial charge >= 0.3 is 0 Å². The molecule has 0 unspecified atom stereocenters. The summed E-state index contributed by atoms with van der Waals surface area (Å²) in [7, 11) is 0. The fourth-order valence-corrected chi connectivity index (χ4v) is 4.05. The van der Waals surface area contributed by atoms with Crippen LogP contribution in [0.4, 0.5) is 0 Å². The van der Waals surface area contributed by atoms with E-state index >= 15 is 0 Å². The number of nitrogen functional groups attached to an aromatic ring is 1. The molecule has 1 aliphatic rings. The Morgan fingerprint density at radius 2 is 1.45 bits per heavy atom. The maximum atomic E-state index is 8.70. The predicted octanol–water partition coefficient (Wildman–Crippen LogP) is 3.41. The van der Waals surface area contributed by atoms with Crippen molar-refractivity contribution < 1.29 is 14.7 Å². The van der Waals surface area contributed by atoms with Crippen molar-refractivity contribution >= 4 is 11.7 Å². The van der Waals surface area contributed by atoms with Crippen molar-refractivity contribution in [3.8, 4) is 11.5 Å². The minimum atomic E-state index is 0.0730. The Bertz CT molecular complexity index is 891. The van der Waals surface area contributed by atoms with Crippen LogP contribution in [0.5, 0.6) is 11.5 Å². The van der Waals surface area contributed by atoms with Gasteiger partial charge in [0.2, 0.25) is 0 Å². The van der Waals surface area contributed by atoms with E-state index < -0.39 is 0 Å².